The van der Waals surface area contributed by atoms with Crippen molar-refractivity contribution in [2.75, 3.05) is 12.4 Å². The molecule has 3 N–H and O–H groups in total. The first kappa shape index (κ1) is 22.4. The number of hydrogen-bond acceptors (Lipinski definition) is 7. The Bertz CT molecular complexity index is 1320. The van der Waals surface area contributed by atoms with Crippen LogP contribution in [0, 0.1) is 11.2 Å². The van der Waals surface area contributed by atoms with Crippen LogP contribution in [0.1, 0.15) is 28.5 Å². The average Bonchev–Trinajstić information content (AvgIpc) is 3.45. The molecule has 0 fully saturated rings. The molecule has 33 heavy (non-hydrogen) atoms. The van der Waals surface area contributed by atoms with E-state index in [1.165, 1.54) is 30.6 Å². The van der Waals surface area contributed by atoms with Crippen LogP contribution in [0.3, 0.4) is 0 Å². The Labute approximate surface area is 192 Å². The summed E-state index contributed by atoms with van der Waals surface area (Å²) in [7, 11) is 1.62. The van der Waals surface area contributed by atoms with Crippen molar-refractivity contribution in [1.29, 1.82) is 5.41 Å². The van der Waals surface area contributed by atoms with Crippen LogP contribution in [0.5, 0.6) is 0 Å². The van der Waals surface area contributed by atoms with Gasteiger partial charge in [0.2, 0.25) is 0 Å². The second-order valence-corrected chi connectivity index (χ2v) is 7.81. The number of rotatable bonds is 8. The molecule has 3 heterocycles. The number of carbonyl (C=O) groups excluding carboxylic acids is 1. The molecule has 0 saturated heterocycles. The third kappa shape index (κ3) is 4.55. The lowest BCUT2D eigenvalue weighted by molar-refractivity contribution is 0.0937. The summed E-state index contributed by atoms with van der Waals surface area (Å²) in [5, 5.41) is 18.4. The first-order valence-electron chi connectivity index (χ1n) is 9.93. The Kier molecular flexibility index (Phi) is 6.36. The monoisotopic (exact) mass is 470 g/mol. The third-order valence-electron chi connectivity index (χ3n) is 4.96. The van der Waals surface area contributed by atoms with Gasteiger partial charge in [-0.25, -0.2) is 18.3 Å². The van der Waals surface area contributed by atoms with Gasteiger partial charge in [0.15, 0.2) is 18.0 Å². The van der Waals surface area contributed by atoms with E-state index in [2.05, 4.69) is 25.7 Å². The van der Waals surface area contributed by atoms with Crippen molar-refractivity contribution in [3.63, 3.8) is 0 Å². The number of aromatic nitrogens is 5. The lowest BCUT2D eigenvalue weighted by Crippen LogP contribution is -2.35. The topological polar surface area (TPSA) is 114 Å². The van der Waals surface area contributed by atoms with Gasteiger partial charge in [0.05, 0.1) is 24.0 Å². The predicted octanol–water partition coefficient (Wildman–Crippen LogP) is 3.42. The molecule has 1 atom stereocenters. The molecule has 12 heteroatoms. The molecule has 9 nitrogen and oxygen atoms in total. The molecule has 0 spiro atoms. The van der Waals surface area contributed by atoms with E-state index in [0.717, 1.165) is 3.97 Å². The molecule has 4 aromatic rings. The fourth-order valence-electron chi connectivity index (χ4n) is 3.42. The van der Waals surface area contributed by atoms with Crippen LogP contribution in [0.25, 0.3) is 11.2 Å². The first-order chi connectivity index (χ1) is 15.9. The summed E-state index contributed by atoms with van der Waals surface area (Å²) in [6.45, 7) is 2.28. The first-order valence-corrected chi connectivity index (χ1v) is 10.6. The number of nitrogens with one attached hydrogen (secondary N) is 3. The summed E-state index contributed by atoms with van der Waals surface area (Å²) < 4.78 is 29.9. The highest BCUT2D eigenvalue weighted by molar-refractivity contribution is 7.92. The summed E-state index contributed by atoms with van der Waals surface area (Å²) in [4.78, 5) is 21.6. The second-order valence-electron chi connectivity index (χ2n) is 7.28. The summed E-state index contributed by atoms with van der Waals surface area (Å²) >= 11 is -0.108. The molecule has 0 saturated carbocycles. The molecule has 1 aromatic carbocycles. The zero-order valence-electron chi connectivity index (χ0n) is 17.7. The zero-order chi connectivity index (χ0) is 23.5. The maximum atomic E-state index is 13.6. The average molecular weight is 471 g/mol. The Morgan fingerprint density at radius 3 is 2.85 bits per heavy atom. The molecule has 0 radical (unpaired) electrons. The maximum absolute atomic E-state index is 13.6. The van der Waals surface area contributed by atoms with Gasteiger partial charge >= 0.3 is 0 Å². The van der Waals surface area contributed by atoms with Crippen LogP contribution in [0.15, 0.2) is 49.1 Å². The third-order valence-corrected chi connectivity index (χ3v) is 5.38. The number of amides is 1. The highest BCUT2D eigenvalue weighted by atomic mass is 32.2. The smallest absolute Gasteiger partial charge is 0.255 e. The van der Waals surface area contributed by atoms with Gasteiger partial charge in [0.25, 0.3) is 5.91 Å². The van der Waals surface area contributed by atoms with E-state index in [1.807, 2.05) is 6.92 Å². The number of hydrogen-bond donors (Lipinski definition) is 3. The highest BCUT2D eigenvalue weighted by Crippen LogP contribution is 2.25. The van der Waals surface area contributed by atoms with Crippen LogP contribution in [-0.2, 0) is 6.54 Å². The minimum Gasteiger partial charge on any atom is -0.387 e. The molecule has 0 aliphatic carbocycles. The van der Waals surface area contributed by atoms with Crippen LogP contribution >= 0.6 is 12.3 Å². The second kappa shape index (κ2) is 9.36. The number of carbonyl (C=O) groups is 1. The number of anilines is 1. The summed E-state index contributed by atoms with van der Waals surface area (Å²) in [5.74, 6) is -0.902. The zero-order valence-corrected chi connectivity index (χ0v) is 18.5. The molecule has 0 aliphatic rings. The Balaban J connectivity index is 1.67. The minimum atomic E-state index is -0.455. The van der Waals surface area contributed by atoms with Gasteiger partial charge in [-0.05, 0) is 31.2 Å². The van der Waals surface area contributed by atoms with Crippen molar-refractivity contribution in [2.24, 2.45) is 0 Å². The van der Waals surface area contributed by atoms with E-state index in [0.29, 0.717) is 17.8 Å². The van der Waals surface area contributed by atoms with E-state index < -0.39 is 11.7 Å². The SMILES string of the molecule is CNc1cc(F)ccc1C(=N)c1cnc2c(n1)c(C(=O)N[C@H](C)Cn1cccn1)cn2SF. The molecule has 0 unspecified atom stereocenters. The van der Waals surface area contributed by atoms with Crippen molar-refractivity contribution in [2.45, 2.75) is 19.5 Å². The predicted molar refractivity (Wildman–Crippen MR) is 123 cm³/mol. The number of fused-ring (bicyclic) bond motifs is 1. The lowest BCUT2D eigenvalue weighted by atomic mass is 10.1. The minimum absolute atomic E-state index is 0.0205. The van der Waals surface area contributed by atoms with E-state index in [-0.39, 0.29) is 46.5 Å². The van der Waals surface area contributed by atoms with Crippen LogP contribution in [-0.4, -0.2) is 48.4 Å². The fourth-order valence-corrected chi connectivity index (χ4v) is 3.76. The molecular weight excluding hydrogens is 450 g/mol. The molecule has 3 aromatic heterocycles. The van der Waals surface area contributed by atoms with E-state index in [9.17, 15) is 13.1 Å². The van der Waals surface area contributed by atoms with Crippen molar-refractivity contribution in [3.8, 4) is 0 Å². The van der Waals surface area contributed by atoms with Crippen LogP contribution in [0.4, 0.5) is 14.0 Å². The summed E-state index contributed by atoms with van der Waals surface area (Å²) in [6, 6.07) is 5.50. The van der Waals surface area contributed by atoms with Gasteiger partial charge < -0.3 is 10.6 Å². The van der Waals surface area contributed by atoms with E-state index in [4.69, 9.17) is 5.41 Å². The van der Waals surface area contributed by atoms with Gasteiger partial charge in [0.1, 0.15) is 17.0 Å². The summed E-state index contributed by atoms with van der Waals surface area (Å²) in [5.41, 5.74) is 1.38. The van der Waals surface area contributed by atoms with Gasteiger partial charge in [-0.3, -0.25) is 14.9 Å². The van der Waals surface area contributed by atoms with Crippen LogP contribution < -0.4 is 10.6 Å². The van der Waals surface area contributed by atoms with E-state index in [1.54, 1.807) is 30.2 Å². The van der Waals surface area contributed by atoms with Crippen molar-refractivity contribution in [1.82, 2.24) is 29.0 Å². The number of halogens is 2. The van der Waals surface area contributed by atoms with E-state index >= 15 is 0 Å². The molecule has 1 amide bonds. The van der Waals surface area contributed by atoms with Crippen LogP contribution in [0.2, 0.25) is 0 Å². The standard InChI is InChI=1S/C21H20F2N8OS/c1-12(10-30-7-3-6-27-30)28-21(32)15-11-31(33-23)20-19(15)29-17(9-26-20)18(24)14-5-4-13(22)8-16(14)25-2/h3-9,11-12,24-25H,10H2,1-2H3,(H,28,32)/t12-/m1/s1. The van der Waals surface area contributed by atoms with Gasteiger partial charge in [-0.2, -0.15) is 5.10 Å². The van der Waals surface area contributed by atoms with Gasteiger partial charge in [-0.1, -0.05) is 0 Å². The molecular formula is C21H20F2N8OS. The van der Waals surface area contributed by atoms with Crippen molar-refractivity contribution < 1.29 is 13.1 Å². The highest BCUT2D eigenvalue weighted by Gasteiger charge is 2.22. The lowest BCUT2D eigenvalue weighted by Gasteiger charge is -2.13. The van der Waals surface area contributed by atoms with Crippen molar-refractivity contribution in [3.05, 3.63) is 71.7 Å². The number of nitrogens with zero attached hydrogens (tertiary/aromatic N) is 5. The quantitative estimate of drug-likeness (QED) is 0.340. The summed E-state index contributed by atoms with van der Waals surface area (Å²) in [6.07, 6.45) is 6.07. The Morgan fingerprint density at radius 1 is 1.33 bits per heavy atom. The Morgan fingerprint density at radius 2 is 2.15 bits per heavy atom. The maximum Gasteiger partial charge on any atom is 0.255 e. The molecule has 170 valence electrons. The fraction of sp³-hybridized carbons (Fsp3) is 0.190. The Hall–Kier alpha value is -3.80. The van der Waals surface area contributed by atoms with Gasteiger partial charge in [0, 0.05) is 42.9 Å². The number of benzene rings is 1. The molecule has 0 bridgehead atoms. The molecule has 0 aliphatic heterocycles. The van der Waals surface area contributed by atoms with Crippen molar-refractivity contribution >= 4 is 40.8 Å². The largest absolute Gasteiger partial charge is 0.387 e. The van der Waals surface area contributed by atoms with Gasteiger partial charge in [-0.15, -0.1) is 3.89 Å². The molecule has 4 rings (SSSR count). The normalized spacial score (nSPS) is 12.0.